The van der Waals surface area contributed by atoms with E-state index in [4.69, 9.17) is 0 Å². The Balaban J connectivity index is 0.00000133. The molecule has 2 aromatic heterocycles. The summed E-state index contributed by atoms with van der Waals surface area (Å²) in [6.07, 6.45) is 3.82. The Morgan fingerprint density at radius 2 is 2.05 bits per heavy atom. The molecule has 0 unspecified atom stereocenters. The third-order valence-corrected chi connectivity index (χ3v) is 3.70. The van der Waals surface area contributed by atoms with E-state index in [-0.39, 0.29) is 22.8 Å². The topological polar surface area (TPSA) is 17.3 Å². The van der Waals surface area contributed by atoms with Crippen LogP contribution >= 0.6 is 28.7 Å². The van der Waals surface area contributed by atoms with Crippen LogP contribution in [0.1, 0.15) is 5.56 Å². The summed E-state index contributed by atoms with van der Waals surface area (Å²) in [6, 6.07) is 12.6. The second-order valence-electron chi connectivity index (χ2n) is 3.95. The summed E-state index contributed by atoms with van der Waals surface area (Å²) < 4.78 is 15.1. The highest BCUT2D eigenvalue weighted by molar-refractivity contribution is 8.93. The zero-order valence-corrected chi connectivity index (χ0v) is 12.5. The summed E-state index contributed by atoms with van der Waals surface area (Å²) in [7, 11) is 0. The highest BCUT2D eigenvalue weighted by Crippen LogP contribution is 2.22. The lowest BCUT2D eigenvalue weighted by molar-refractivity contribution is 0.626. The fourth-order valence-corrected chi connectivity index (χ4v) is 2.71. The Hall–Kier alpha value is -1.33. The number of nitrogens with zero attached hydrogens (tertiary/aromatic N) is 2. The van der Waals surface area contributed by atoms with Gasteiger partial charge in [0.15, 0.2) is 5.16 Å². The van der Waals surface area contributed by atoms with Crippen molar-refractivity contribution in [3.63, 3.8) is 0 Å². The fraction of sp³-hybridized carbons (Fsp3) is 0.0714. The molecule has 0 radical (unpaired) electrons. The molecule has 5 heteroatoms. The van der Waals surface area contributed by atoms with Crippen LogP contribution in [0, 0.1) is 5.82 Å². The van der Waals surface area contributed by atoms with Crippen molar-refractivity contribution >= 4 is 34.3 Å². The lowest BCUT2D eigenvalue weighted by Crippen LogP contribution is -1.88. The van der Waals surface area contributed by atoms with E-state index < -0.39 is 0 Å². The predicted octanol–water partition coefficient (Wildman–Crippen LogP) is 4.34. The summed E-state index contributed by atoms with van der Waals surface area (Å²) in [5, 5.41) is 0.926. The Kier molecular flexibility index (Phi) is 4.61. The van der Waals surface area contributed by atoms with Gasteiger partial charge in [-0.2, -0.15) is 0 Å². The molecule has 2 nitrogen and oxygen atoms in total. The van der Waals surface area contributed by atoms with E-state index in [0.717, 1.165) is 16.2 Å². The first-order chi connectivity index (χ1) is 8.83. The minimum absolute atomic E-state index is 0. The first kappa shape index (κ1) is 14.1. The smallest absolute Gasteiger partial charge is 0.172 e. The number of fused-ring (bicyclic) bond motifs is 1. The minimum atomic E-state index is -0.193. The second-order valence-corrected chi connectivity index (χ2v) is 4.90. The second kappa shape index (κ2) is 6.21. The van der Waals surface area contributed by atoms with Gasteiger partial charge in [0.2, 0.25) is 0 Å². The number of rotatable bonds is 3. The van der Waals surface area contributed by atoms with Crippen molar-refractivity contribution in [1.82, 2.24) is 9.38 Å². The first-order valence-corrected chi connectivity index (χ1v) is 6.61. The number of pyridine rings is 1. The fourth-order valence-electron chi connectivity index (χ4n) is 1.80. The van der Waals surface area contributed by atoms with Gasteiger partial charge >= 0.3 is 0 Å². The van der Waals surface area contributed by atoms with E-state index in [1.165, 1.54) is 6.07 Å². The molecule has 0 saturated heterocycles. The monoisotopic (exact) mass is 338 g/mol. The Morgan fingerprint density at radius 1 is 1.16 bits per heavy atom. The molecule has 1 aromatic carbocycles. The third kappa shape index (κ3) is 3.16. The van der Waals surface area contributed by atoms with Crippen LogP contribution in [0.25, 0.3) is 5.52 Å². The van der Waals surface area contributed by atoms with E-state index in [2.05, 4.69) is 4.98 Å². The summed E-state index contributed by atoms with van der Waals surface area (Å²) in [6.45, 7) is 0. The number of aromatic nitrogens is 2. The molecule has 98 valence electrons. The summed E-state index contributed by atoms with van der Waals surface area (Å²) in [4.78, 5) is 4.36. The third-order valence-electron chi connectivity index (χ3n) is 2.66. The van der Waals surface area contributed by atoms with Gasteiger partial charge in [-0.3, -0.25) is 4.40 Å². The first-order valence-electron chi connectivity index (χ1n) is 5.62. The van der Waals surface area contributed by atoms with Crippen LogP contribution in [0.5, 0.6) is 0 Å². The number of hydrogen-bond acceptors (Lipinski definition) is 2. The standard InChI is InChI=1S/C14H11FN2S.BrH/c15-12-5-3-4-11(8-12)10-18-14-16-9-13-6-1-2-7-17(13)14;/h1-9H,10H2;1H. The molecule has 19 heavy (non-hydrogen) atoms. The number of imidazole rings is 1. The van der Waals surface area contributed by atoms with Gasteiger partial charge in [-0.25, -0.2) is 9.37 Å². The molecule has 0 aliphatic carbocycles. The molecule has 0 bridgehead atoms. The molecule has 0 atom stereocenters. The highest BCUT2D eigenvalue weighted by Gasteiger charge is 2.04. The van der Waals surface area contributed by atoms with Gasteiger partial charge in [0, 0.05) is 11.9 Å². The van der Waals surface area contributed by atoms with Crippen molar-refractivity contribution in [1.29, 1.82) is 0 Å². The molecular weight excluding hydrogens is 327 g/mol. The zero-order chi connectivity index (χ0) is 12.4. The van der Waals surface area contributed by atoms with Crippen molar-refractivity contribution in [3.8, 4) is 0 Å². The van der Waals surface area contributed by atoms with Gasteiger partial charge in [-0.15, -0.1) is 17.0 Å². The van der Waals surface area contributed by atoms with Gasteiger partial charge in [-0.1, -0.05) is 30.0 Å². The molecule has 3 rings (SSSR count). The van der Waals surface area contributed by atoms with Crippen molar-refractivity contribution in [2.24, 2.45) is 0 Å². The molecular formula is C14H12BrFN2S. The maximum atomic E-state index is 13.1. The number of halogens is 2. The molecule has 3 aromatic rings. The molecule has 0 spiro atoms. The van der Waals surface area contributed by atoms with E-state index in [9.17, 15) is 4.39 Å². The van der Waals surface area contributed by atoms with Crippen LogP contribution in [-0.4, -0.2) is 9.38 Å². The van der Waals surface area contributed by atoms with Crippen molar-refractivity contribution in [3.05, 3.63) is 66.2 Å². The number of hydrogen-bond donors (Lipinski definition) is 0. The average Bonchev–Trinajstić information content (AvgIpc) is 2.80. The summed E-state index contributed by atoms with van der Waals surface area (Å²) >= 11 is 1.60. The van der Waals surface area contributed by atoms with Gasteiger partial charge in [0.1, 0.15) is 5.82 Å². The minimum Gasteiger partial charge on any atom is -0.295 e. The van der Waals surface area contributed by atoms with Gasteiger partial charge in [0.25, 0.3) is 0 Å². The Morgan fingerprint density at radius 3 is 2.89 bits per heavy atom. The Bertz CT molecular complexity index is 684. The molecule has 0 amide bonds. The SMILES string of the molecule is Br.Fc1cccc(CSc2ncc3ccccn23)c1. The lowest BCUT2D eigenvalue weighted by Gasteiger charge is -2.01. The lowest BCUT2D eigenvalue weighted by atomic mass is 10.2. The largest absolute Gasteiger partial charge is 0.295 e. The van der Waals surface area contributed by atoms with Crippen LogP contribution in [0.3, 0.4) is 0 Å². The van der Waals surface area contributed by atoms with Crippen molar-refractivity contribution in [2.45, 2.75) is 10.9 Å². The van der Waals surface area contributed by atoms with Crippen molar-refractivity contribution < 1.29 is 4.39 Å². The molecule has 2 heterocycles. The number of thioether (sulfide) groups is 1. The normalized spacial score (nSPS) is 10.4. The van der Waals surface area contributed by atoms with E-state index >= 15 is 0 Å². The van der Waals surface area contributed by atoms with Crippen LogP contribution in [0.2, 0.25) is 0 Å². The van der Waals surface area contributed by atoms with Crippen LogP contribution in [-0.2, 0) is 5.75 Å². The van der Waals surface area contributed by atoms with Crippen molar-refractivity contribution in [2.75, 3.05) is 0 Å². The van der Waals surface area contributed by atoms with Crippen LogP contribution in [0.15, 0.2) is 60.0 Å². The number of benzene rings is 1. The van der Waals surface area contributed by atoms with Gasteiger partial charge in [-0.05, 0) is 29.8 Å². The molecule has 0 aliphatic heterocycles. The summed E-state index contributed by atoms with van der Waals surface area (Å²) in [5.74, 6) is 0.521. The summed E-state index contributed by atoms with van der Waals surface area (Å²) in [5.41, 5.74) is 2.03. The Labute approximate surface area is 125 Å². The maximum Gasteiger partial charge on any atom is 0.172 e. The van der Waals surface area contributed by atoms with E-state index in [1.807, 2.05) is 41.1 Å². The zero-order valence-electron chi connectivity index (χ0n) is 9.99. The van der Waals surface area contributed by atoms with E-state index in [0.29, 0.717) is 5.75 Å². The van der Waals surface area contributed by atoms with Crippen LogP contribution in [0.4, 0.5) is 4.39 Å². The average molecular weight is 339 g/mol. The highest BCUT2D eigenvalue weighted by atomic mass is 79.9. The van der Waals surface area contributed by atoms with Gasteiger partial charge in [0.05, 0.1) is 11.7 Å². The molecule has 0 aliphatic rings. The maximum absolute atomic E-state index is 13.1. The quantitative estimate of drug-likeness (QED) is 0.660. The predicted molar refractivity (Wildman–Crippen MR) is 81.5 cm³/mol. The molecule has 0 fully saturated rings. The van der Waals surface area contributed by atoms with Crippen LogP contribution < -0.4 is 0 Å². The van der Waals surface area contributed by atoms with E-state index in [1.54, 1.807) is 23.9 Å². The molecule has 0 N–H and O–H groups in total. The molecule has 0 saturated carbocycles. The van der Waals surface area contributed by atoms with Gasteiger partial charge < -0.3 is 0 Å².